The fourth-order valence-electron chi connectivity index (χ4n) is 2.67. The molecule has 3 rings (SSSR count). The first-order valence-electron chi connectivity index (χ1n) is 7.14. The largest absolute Gasteiger partial charge is 0.330 e. The maximum Gasteiger partial charge on any atom is 0.188 e. The van der Waals surface area contributed by atoms with E-state index < -0.39 is 17.5 Å². The number of fused-ring (bicyclic) bond motifs is 1. The highest BCUT2D eigenvalue weighted by Crippen LogP contribution is 2.25. The van der Waals surface area contributed by atoms with Gasteiger partial charge in [0.05, 0.1) is 17.1 Å². The molecule has 0 N–H and O–H groups in total. The maximum atomic E-state index is 13.5. The molecule has 0 radical (unpaired) electrons. The van der Waals surface area contributed by atoms with E-state index in [0.717, 1.165) is 5.52 Å². The van der Waals surface area contributed by atoms with Gasteiger partial charge in [0, 0.05) is 12.6 Å². The highest BCUT2D eigenvalue weighted by Gasteiger charge is 2.28. The number of rotatable bonds is 3. The second-order valence-corrected chi connectivity index (χ2v) is 5.40. The van der Waals surface area contributed by atoms with Crippen molar-refractivity contribution in [3.8, 4) is 6.07 Å². The molecule has 1 atom stereocenters. The molecular formula is C18H14FN3O. The van der Waals surface area contributed by atoms with Crippen LogP contribution in [0.15, 0.2) is 42.5 Å². The van der Waals surface area contributed by atoms with Gasteiger partial charge in [0.15, 0.2) is 11.7 Å². The molecule has 0 spiro atoms. The van der Waals surface area contributed by atoms with Gasteiger partial charge in [0.25, 0.3) is 0 Å². The zero-order chi connectivity index (χ0) is 16.6. The Kier molecular flexibility index (Phi) is 3.67. The van der Waals surface area contributed by atoms with Crippen molar-refractivity contribution < 1.29 is 9.18 Å². The van der Waals surface area contributed by atoms with E-state index in [1.54, 1.807) is 18.5 Å². The SMILES string of the molecule is Cc1ccc(F)cc1C(=O)C(C#N)c1nc2ccccc2n1C. The molecule has 0 aliphatic carbocycles. The molecule has 0 fully saturated rings. The molecule has 0 aliphatic heterocycles. The lowest BCUT2D eigenvalue weighted by molar-refractivity contribution is 0.0974. The van der Waals surface area contributed by atoms with Crippen LogP contribution in [0.4, 0.5) is 4.39 Å². The minimum Gasteiger partial charge on any atom is -0.330 e. The summed E-state index contributed by atoms with van der Waals surface area (Å²) in [6.45, 7) is 1.72. The first-order valence-corrected chi connectivity index (χ1v) is 7.14. The number of ketones is 1. The molecule has 114 valence electrons. The summed E-state index contributed by atoms with van der Waals surface area (Å²) >= 11 is 0. The monoisotopic (exact) mass is 307 g/mol. The number of imidazole rings is 1. The van der Waals surface area contributed by atoms with Crippen molar-refractivity contribution in [1.29, 1.82) is 5.26 Å². The fourth-order valence-corrected chi connectivity index (χ4v) is 2.67. The van der Waals surface area contributed by atoms with Gasteiger partial charge in [-0.2, -0.15) is 5.26 Å². The van der Waals surface area contributed by atoms with Crippen molar-refractivity contribution in [2.45, 2.75) is 12.8 Å². The molecule has 3 aromatic rings. The van der Waals surface area contributed by atoms with Gasteiger partial charge in [-0.1, -0.05) is 18.2 Å². The van der Waals surface area contributed by atoms with Crippen molar-refractivity contribution >= 4 is 16.8 Å². The van der Waals surface area contributed by atoms with E-state index in [1.807, 2.05) is 30.3 Å². The second kappa shape index (κ2) is 5.65. The normalized spacial score (nSPS) is 12.1. The van der Waals surface area contributed by atoms with Crippen molar-refractivity contribution in [3.63, 3.8) is 0 Å². The Bertz CT molecular complexity index is 953. The lowest BCUT2D eigenvalue weighted by atomic mass is 9.94. The third kappa shape index (κ3) is 2.49. The molecule has 23 heavy (non-hydrogen) atoms. The van der Waals surface area contributed by atoms with Crippen LogP contribution in [-0.2, 0) is 7.05 Å². The Labute approximate surface area is 132 Å². The predicted molar refractivity (Wildman–Crippen MR) is 84.5 cm³/mol. The molecule has 2 aromatic carbocycles. The van der Waals surface area contributed by atoms with Crippen LogP contribution in [0.5, 0.6) is 0 Å². The smallest absolute Gasteiger partial charge is 0.188 e. The number of nitrogens with zero attached hydrogens (tertiary/aromatic N) is 3. The summed E-state index contributed by atoms with van der Waals surface area (Å²) in [6.07, 6.45) is 0. The second-order valence-electron chi connectivity index (χ2n) is 5.40. The Morgan fingerprint density at radius 2 is 2.04 bits per heavy atom. The standard InChI is InChI=1S/C18H14FN3O/c1-11-7-8-12(19)9-13(11)17(23)14(10-20)18-21-15-5-3-4-6-16(15)22(18)2/h3-9,14H,1-2H3. The minimum atomic E-state index is -1.08. The number of aromatic nitrogens is 2. The number of hydrogen-bond acceptors (Lipinski definition) is 3. The average molecular weight is 307 g/mol. The van der Waals surface area contributed by atoms with Crippen LogP contribution in [0.1, 0.15) is 27.7 Å². The average Bonchev–Trinajstić information content (AvgIpc) is 2.88. The van der Waals surface area contributed by atoms with Crippen molar-refractivity contribution in [3.05, 3.63) is 65.2 Å². The molecule has 0 bridgehead atoms. The topological polar surface area (TPSA) is 58.7 Å². The molecule has 5 heteroatoms. The van der Waals surface area contributed by atoms with Gasteiger partial charge in [0.1, 0.15) is 11.6 Å². The van der Waals surface area contributed by atoms with Crippen LogP contribution >= 0.6 is 0 Å². The molecule has 1 aromatic heterocycles. The zero-order valence-electron chi connectivity index (χ0n) is 12.7. The Balaban J connectivity index is 2.12. The van der Waals surface area contributed by atoms with E-state index >= 15 is 0 Å². The first kappa shape index (κ1) is 14.9. The third-order valence-corrected chi connectivity index (χ3v) is 3.94. The number of hydrogen-bond donors (Lipinski definition) is 0. The first-order chi connectivity index (χ1) is 11.0. The summed E-state index contributed by atoms with van der Waals surface area (Å²) in [6, 6.07) is 13.4. The summed E-state index contributed by atoms with van der Waals surface area (Å²) in [5.41, 5.74) is 2.40. The van der Waals surface area contributed by atoms with Crippen LogP contribution in [0.3, 0.4) is 0 Å². The molecule has 0 amide bonds. The van der Waals surface area contributed by atoms with E-state index in [2.05, 4.69) is 4.98 Å². The number of carbonyl (C=O) groups excluding carboxylic acids is 1. The number of carbonyl (C=O) groups is 1. The molecule has 1 heterocycles. The van der Waals surface area contributed by atoms with E-state index in [-0.39, 0.29) is 5.56 Å². The summed E-state index contributed by atoms with van der Waals surface area (Å²) in [4.78, 5) is 17.1. The molecule has 0 saturated heterocycles. The quantitative estimate of drug-likeness (QED) is 0.696. The van der Waals surface area contributed by atoms with Crippen LogP contribution in [0.2, 0.25) is 0 Å². The number of halogens is 1. The van der Waals surface area contributed by atoms with Crippen LogP contribution < -0.4 is 0 Å². The van der Waals surface area contributed by atoms with Gasteiger partial charge >= 0.3 is 0 Å². The lowest BCUT2D eigenvalue weighted by Crippen LogP contribution is -2.16. The molecule has 1 unspecified atom stereocenters. The van der Waals surface area contributed by atoms with Crippen molar-refractivity contribution in [2.75, 3.05) is 0 Å². The van der Waals surface area contributed by atoms with Crippen LogP contribution in [0.25, 0.3) is 11.0 Å². The lowest BCUT2D eigenvalue weighted by Gasteiger charge is -2.10. The fraction of sp³-hybridized carbons (Fsp3) is 0.167. The van der Waals surface area contributed by atoms with Gasteiger partial charge in [0.2, 0.25) is 0 Å². The zero-order valence-corrected chi connectivity index (χ0v) is 12.7. The van der Waals surface area contributed by atoms with E-state index in [9.17, 15) is 14.4 Å². The van der Waals surface area contributed by atoms with Crippen LogP contribution in [-0.4, -0.2) is 15.3 Å². The number of para-hydroxylation sites is 2. The Hall–Kier alpha value is -3.00. The Morgan fingerprint density at radius 3 is 2.74 bits per heavy atom. The van der Waals surface area contributed by atoms with Gasteiger partial charge in [-0.25, -0.2) is 9.37 Å². The van der Waals surface area contributed by atoms with Crippen molar-refractivity contribution in [1.82, 2.24) is 9.55 Å². The summed E-state index contributed by atoms with van der Waals surface area (Å²) < 4.78 is 15.2. The van der Waals surface area contributed by atoms with Gasteiger partial charge < -0.3 is 4.57 Å². The number of nitriles is 1. The Morgan fingerprint density at radius 1 is 1.30 bits per heavy atom. The highest BCUT2D eigenvalue weighted by molar-refractivity contribution is 6.03. The molecule has 4 nitrogen and oxygen atoms in total. The van der Waals surface area contributed by atoms with E-state index in [4.69, 9.17) is 0 Å². The van der Waals surface area contributed by atoms with Crippen LogP contribution in [0, 0.1) is 24.1 Å². The number of benzene rings is 2. The highest BCUT2D eigenvalue weighted by atomic mass is 19.1. The molecule has 0 aliphatic rings. The van der Waals surface area contributed by atoms with E-state index in [0.29, 0.717) is 16.9 Å². The van der Waals surface area contributed by atoms with Crippen molar-refractivity contribution in [2.24, 2.45) is 7.05 Å². The van der Waals surface area contributed by atoms with Gasteiger partial charge in [-0.15, -0.1) is 0 Å². The summed E-state index contributed by atoms with van der Waals surface area (Å²) in [5, 5.41) is 9.50. The predicted octanol–water partition coefficient (Wildman–Crippen LogP) is 3.51. The van der Waals surface area contributed by atoms with Gasteiger partial charge in [-0.3, -0.25) is 4.79 Å². The summed E-state index contributed by atoms with van der Waals surface area (Å²) in [7, 11) is 1.76. The molecule has 0 saturated carbocycles. The number of aryl methyl sites for hydroxylation is 2. The third-order valence-electron chi connectivity index (χ3n) is 3.94. The number of Topliss-reactive ketones (excluding diaryl/α,β-unsaturated/α-hetero) is 1. The van der Waals surface area contributed by atoms with Gasteiger partial charge in [-0.05, 0) is 36.8 Å². The minimum absolute atomic E-state index is 0.212. The van der Waals surface area contributed by atoms with E-state index in [1.165, 1.54) is 18.2 Å². The molecular weight excluding hydrogens is 293 g/mol. The summed E-state index contributed by atoms with van der Waals surface area (Å²) in [5.74, 6) is -1.65. The maximum absolute atomic E-state index is 13.5.